The van der Waals surface area contributed by atoms with Gasteiger partial charge >= 0.3 is 0 Å². The van der Waals surface area contributed by atoms with E-state index in [0.29, 0.717) is 32.5 Å². The second-order valence-corrected chi connectivity index (χ2v) is 6.68. The molecule has 1 aromatic rings. The molecule has 2 aliphatic heterocycles. The SMILES string of the molecule is O=C(CCCn1ccnc1)N1CCC(O)(CN2CCCC2)C1. The third kappa shape index (κ3) is 3.87. The maximum Gasteiger partial charge on any atom is 0.222 e. The number of β-amino-alcohol motifs (C(OH)–C–C–N with tert-alkyl or cyclic N) is 1. The number of rotatable bonds is 6. The van der Waals surface area contributed by atoms with Crippen LogP contribution in [0.25, 0.3) is 0 Å². The Labute approximate surface area is 131 Å². The van der Waals surface area contributed by atoms with Crippen molar-refractivity contribution in [1.82, 2.24) is 19.4 Å². The number of hydrogen-bond acceptors (Lipinski definition) is 4. The molecule has 1 unspecified atom stereocenters. The van der Waals surface area contributed by atoms with Crippen LogP contribution in [0.4, 0.5) is 0 Å². The van der Waals surface area contributed by atoms with Crippen LogP contribution in [0.3, 0.4) is 0 Å². The Kier molecular flexibility index (Phi) is 4.78. The summed E-state index contributed by atoms with van der Waals surface area (Å²) in [6.45, 7) is 4.88. The fourth-order valence-corrected chi connectivity index (χ4v) is 3.55. The molecule has 1 amide bonds. The van der Waals surface area contributed by atoms with E-state index >= 15 is 0 Å². The van der Waals surface area contributed by atoms with Crippen molar-refractivity contribution in [2.24, 2.45) is 0 Å². The molecule has 2 saturated heterocycles. The number of carbonyl (C=O) groups excluding carboxylic acids is 1. The minimum Gasteiger partial charge on any atom is -0.387 e. The quantitative estimate of drug-likeness (QED) is 0.841. The first-order valence-corrected chi connectivity index (χ1v) is 8.33. The zero-order valence-corrected chi connectivity index (χ0v) is 13.2. The van der Waals surface area contributed by atoms with E-state index in [0.717, 1.165) is 26.1 Å². The van der Waals surface area contributed by atoms with Gasteiger partial charge in [0.25, 0.3) is 0 Å². The van der Waals surface area contributed by atoms with E-state index in [1.165, 1.54) is 12.8 Å². The molecule has 0 bridgehead atoms. The highest BCUT2D eigenvalue weighted by molar-refractivity contribution is 5.76. The predicted molar refractivity (Wildman–Crippen MR) is 83.3 cm³/mol. The smallest absolute Gasteiger partial charge is 0.222 e. The number of amides is 1. The van der Waals surface area contributed by atoms with E-state index in [4.69, 9.17) is 0 Å². The van der Waals surface area contributed by atoms with Crippen molar-refractivity contribution in [1.29, 1.82) is 0 Å². The minimum atomic E-state index is -0.704. The molecule has 2 aliphatic rings. The molecule has 3 rings (SSSR count). The molecule has 0 aromatic carbocycles. The molecule has 0 spiro atoms. The maximum absolute atomic E-state index is 12.3. The number of imidazole rings is 1. The topological polar surface area (TPSA) is 61.6 Å². The van der Waals surface area contributed by atoms with Crippen LogP contribution in [0.15, 0.2) is 18.7 Å². The van der Waals surface area contributed by atoms with Crippen LogP contribution in [-0.4, -0.2) is 68.7 Å². The van der Waals surface area contributed by atoms with Crippen LogP contribution < -0.4 is 0 Å². The number of aryl methyl sites for hydroxylation is 1. The molecule has 1 aromatic heterocycles. The zero-order valence-electron chi connectivity index (χ0n) is 13.2. The van der Waals surface area contributed by atoms with Gasteiger partial charge in [-0.1, -0.05) is 0 Å². The van der Waals surface area contributed by atoms with Gasteiger partial charge in [0.1, 0.15) is 0 Å². The second kappa shape index (κ2) is 6.79. The van der Waals surface area contributed by atoms with Gasteiger partial charge in [0, 0.05) is 38.4 Å². The van der Waals surface area contributed by atoms with Gasteiger partial charge in [0.05, 0.1) is 18.5 Å². The molecule has 2 fully saturated rings. The Morgan fingerprint density at radius 2 is 2.09 bits per heavy atom. The molecule has 22 heavy (non-hydrogen) atoms. The average Bonchev–Trinajstić information content (AvgIpc) is 3.21. The van der Waals surface area contributed by atoms with E-state index in [-0.39, 0.29) is 5.91 Å². The van der Waals surface area contributed by atoms with E-state index in [1.807, 2.05) is 15.7 Å². The van der Waals surface area contributed by atoms with Crippen molar-refractivity contribution < 1.29 is 9.90 Å². The normalized spacial score (nSPS) is 26.0. The van der Waals surface area contributed by atoms with Crippen LogP contribution in [0, 0.1) is 0 Å². The standard InChI is InChI=1S/C16H26N4O2/c21-15(4-3-9-19-11-6-17-14-19)20-10-5-16(22,13-20)12-18-7-1-2-8-18/h6,11,14,22H,1-5,7-10,12-13H2. The van der Waals surface area contributed by atoms with Gasteiger partial charge in [0.15, 0.2) is 0 Å². The van der Waals surface area contributed by atoms with Crippen molar-refractivity contribution >= 4 is 5.91 Å². The molecule has 122 valence electrons. The summed E-state index contributed by atoms with van der Waals surface area (Å²) >= 11 is 0. The average molecular weight is 306 g/mol. The van der Waals surface area contributed by atoms with Crippen molar-refractivity contribution in [3.05, 3.63) is 18.7 Å². The van der Waals surface area contributed by atoms with Crippen molar-refractivity contribution in [3.63, 3.8) is 0 Å². The fourth-order valence-electron chi connectivity index (χ4n) is 3.55. The predicted octanol–water partition coefficient (Wildman–Crippen LogP) is 0.722. The number of aromatic nitrogens is 2. The first-order valence-electron chi connectivity index (χ1n) is 8.33. The van der Waals surface area contributed by atoms with Gasteiger partial charge in [-0.25, -0.2) is 4.98 Å². The third-order valence-electron chi connectivity index (χ3n) is 4.77. The molecule has 0 saturated carbocycles. The summed E-state index contributed by atoms with van der Waals surface area (Å²) in [6, 6.07) is 0. The van der Waals surface area contributed by atoms with Gasteiger partial charge in [-0.15, -0.1) is 0 Å². The largest absolute Gasteiger partial charge is 0.387 e. The minimum absolute atomic E-state index is 0.164. The van der Waals surface area contributed by atoms with Crippen molar-refractivity contribution in [2.45, 2.75) is 44.2 Å². The van der Waals surface area contributed by atoms with Gasteiger partial charge in [-0.2, -0.15) is 0 Å². The highest BCUT2D eigenvalue weighted by Gasteiger charge is 2.39. The maximum atomic E-state index is 12.3. The lowest BCUT2D eigenvalue weighted by Crippen LogP contribution is -2.45. The van der Waals surface area contributed by atoms with Gasteiger partial charge in [-0.05, 0) is 38.8 Å². The summed E-state index contributed by atoms with van der Waals surface area (Å²) in [4.78, 5) is 20.4. The lowest BCUT2D eigenvalue weighted by molar-refractivity contribution is -0.131. The van der Waals surface area contributed by atoms with E-state index in [1.54, 1.807) is 12.5 Å². The Hall–Kier alpha value is -1.40. The van der Waals surface area contributed by atoms with Crippen LogP contribution in [0.5, 0.6) is 0 Å². The summed E-state index contributed by atoms with van der Waals surface area (Å²) in [5.74, 6) is 0.164. The Balaban J connectivity index is 1.41. The van der Waals surface area contributed by atoms with E-state index in [9.17, 15) is 9.90 Å². The van der Waals surface area contributed by atoms with Gasteiger partial charge in [0.2, 0.25) is 5.91 Å². The summed E-state index contributed by atoms with van der Waals surface area (Å²) in [5.41, 5.74) is -0.704. The first kappa shape index (κ1) is 15.5. The monoisotopic (exact) mass is 306 g/mol. The summed E-state index contributed by atoms with van der Waals surface area (Å²) < 4.78 is 1.99. The van der Waals surface area contributed by atoms with Gasteiger partial charge < -0.3 is 19.5 Å². The van der Waals surface area contributed by atoms with Crippen LogP contribution in [0.1, 0.15) is 32.1 Å². The van der Waals surface area contributed by atoms with Crippen LogP contribution >= 0.6 is 0 Å². The van der Waals surface area contributed by atoms with Gasteiger partial charge in [-0.3, -0.25) is 4.79 Å². The molecule has 0 aliphatic carbocycles. The molecular weight excluding hydrogens is 280 g/mol. The van der Waals surface area contributed by atoms with E-state index in [2.05, 4.69) is 9.88 Å². The highest BCUT2D eigenvalue weighted by atomic mass is 16.3. The van der Waals surface area contributed by atoms with Crippen LogP contribution in [-0.2, 0) is 11.3 Å². The number of aliphatic hydroxyl groups is 1. The Morgan fingerprint density at radius 3 is 2.82 bits per heavy atom. The zero-order chi connectivity index (χ0) is 15.4. The van der Waals surface area contributed by atoms with Crippen molar-refractivity contribution in [3.8, 4) is 0 Å². The molecule has 0 radical (unpaired) electrons. The Bertz CT molecular complexity index is 484. The molecule has 6 nitrogen and oxygen atoms in total. The first-order chi connectivity index (χ1) is 10.6. The van der Waals surface area contributed by atoms with Crippen molar-refractivity contribution in [2.75, 3.05) is 32.7 Å². The van der Waals surface area contributed by atoms with Crippen LogP contribution in [0.2, 0.25) is 0 Å². The molecule has 3 heterocycles. The molecule has 1 atom stereocenters. The highest BCUT2D eigenvalue weighted by Crippen LogP contribution is 2.25. The number of likely N-dealkylation sites (tertiary alicyclic amines) is 2. The molecule has 1 N–H and O–H groups in total. The number of carbonyl (C=O) groups is 1. The van der Waals surface area contributed by atoms with E-state index < -0.39 is 5.60 Å². The fraction of sp³-hybridized carbons (Fsp3) is 0.750. The molecule has 6 heteroatoms. The lowest BCUT2D eigenvalue weighted by atomic mass is 10.0. The molecular formula is C16H26N4O2. The summed E-state index contributed by atoms with van der Waals surface area (Å²) in [5, 5.41) is 10.7. The summed E-state index contributed by atoms with van der Waals surface area (Å²) in [7, 11) is 0. The lowest BCUT2D eigenvalue weighted by Gasteiger charge is -2.28. The third-order valence-corrected chi connectivity index (χ3v) is 4.77. The number of nitrogens with zero attached hydrogens (tertiary/aromatic N) is 4. The second-order valence-electron chi connectivity index (χ2n) is 6.68. The number of hydrogen-bond donors (Lipinski definition) is 1. The Morgan fingerprint density at radius 1 is 1.27 bits per heavy atom. The summed E-state index contributed by atoms with van der Waals surface area (Å²) in [6.07, 6.45) is 9.95.